The average molecular weight is 482 g/mol. The Bertz CT molecular complexity index is 829. The smallest absolute Gasteiger partial charge is 0.261 e. The molecule has 2 amide bonds. The summed E-state index contributed by atoms with van der Waals surface area (Å²) >= 11 is 9.64. The molecule has 0 bridgehead atoms. The highest BCUT2D eigenvalue weighted by Gasteiger charge is 2.27. The van der Waals surface area contributed by atoms with Crippen LogP contribution in [0.25, 0.3) is 0 Å². The van der Waals surface area contributed by atoms with Crippen molar-refractivity contribution < 1.29 is 14.3 Å². The third-order valence-electron chi connectivity index (χ3n) is 4.64. The number of hydrogen-bond donors (Lipinski definition) is 1. The molecule has 0 fully saturated rings. The fraction of sp³-hybridized carbons (Fsp3) is 0.364. The van der Waals surface area contributed by atoms with Gasteiger partial charge in [-0.05, 0) is 56.2 Å². The molecule has 2 atom stereocenters. The lowest BCUT2D eigenvalue weighted by molar-refractivity contribution is -0.142. The van der Waals surface area contributed by atoms with E-state index >= 15 is 0 Å². The lowest BCUT2D eigenvalue weighted by atomic mass is 10.1. The number of halogens is 2. The molecule has 2 rings (SSSR count). The van der Waals surface area contributed by atoms with Crippen molar-refractivity contribution in [1.29, 1.82) is 0 Å². The quantitative estimate of drug-likeness (QED) is 0.559. The van der Waals surface area contributed by atoms with Crippen molar-refractivity contribution in [1.82, 2.24) is 10.2 Å². The van der Waals surface area contributed by atoms with Gasteiger partial charge in [-0.15, -0.1) is 0 Å². The molecule has 0 heterocycles. The molecule has 5 nitrogen and oxygen atoms in total. The second-order valence-corrected chi connectivity index (χ2v) is 8.17. The molecule has 0 aromatic heterocycles. The highest BCUT2D eigenvalue weighted by Crippen LogP contribution is 2.20. The van der Waals surface area contributed by atoms with Crippen molar-refractivity contribution in [2.45, 2.75) is 45.8 Å². The highest BCUT2D eigenvalue weighted by molar-refractivity contribution is 9.10. The molecule has 0 aliphatic heterocycles. The molecule has 0 aliphatic rings. The Balaban J connectivity index is 2.15. The molecule has 0 aliphatic carbocycles. The SMILES string of the molecule is CC[C@H](C)NC(=O)[C@H](C)N(Cc1ccccc1Cl)C(=O)COc1ccc(Br)cc1. The Morgan fingerprint density at radius 1 is 1.14 bits per heavy atom. The first-order chi connectivity index (χ1) is 13.8. The Morgan fingerprint density at radius 3 is 2.41 bits per heavy atom. The summed E-state index contributed by atoms with van der Waals surface area (Å²) in [6, 6.07) is 13.9. The summed E-state index contributed by atoms with van der Waals surface area (Å²) in [7, 11) is 0. The van der Waals surface area contributed by atoms with Gasteiger partial charge in [-0.2, -0.15) is 0 Å². The van der Waals surface area contributed by atoms with Crippen LogP contribution in [-0.2, 0) is 16.1 Å². The average Bonchev–Trinajstić information content (AvgIpc) is 2.71. The highest BCUT2D eigenvalue weighted by atomic mass is 79.9. The van der Waals surface area contributed by atoms with Gasteiger partial charge in [0.05, 0.1) is 0 Å². The maximum Gasteiger partial charge on any atom is 0.261 e. The summed E-state index contributed by atoms with van der Waals surface area (Å²) in [5.41, 5.74) is 0.773. The largest absolute Gasteiger partial charge is 0.484 e. The second kappa shape index (κ2) is 11.2. The maximum atomic E-state index is 13.0. The van der Waals surface area contributed by atoms with Crippen LogP contribution in [0.1, 0.15) is 32.8 Å². The minimum absolute atomic E-state index is 0.0289. The van der Waals surface area contributed by atoms with E-state index in [4.69, 9.17) is 16.3 Å². The lowest BCUT2D eigenvalue weighted by Crippen LogP contribution is -2.50. The predicted molar refractivity (Wildman–Crippen MR) is 119 cm³/mol. The number of nitrogens with one attached hydrogen (secondary N) is 1. The van der Waals surface area contributed by atoms with Crippen molar-refractivity contribution in [3.05, 3.63) is 63.6 Å². The molecular formula is C22H26BrClN2O3. The van der Waals surface area contributed by atoms with Crippen LogP contribution in [0.4, 0.5) is 0 Å². The number of amides is 2. The van der Waals surface area contributed by atoms with Crippen LogP contribution in [0.5, 0.6) is 5.75 Å². The van der Waals surface area contributed by atoms with E-state index in [2.05, 4.69) is 21.2 Å². The Morgan fingerprint density at radius 2 is 1.79 bits per heavy atom. The number of hydrogen-bond acceptors (Lipinski definition) is 3. The van der Waals surface area contributed by atoms with Gasteiger partial charge in [0.25, 0.3) is 5.91 Å². The van der Waals surface area contributed by atoms with Gasteiger partial charge >= 0.3 is 0 Å². The summed E-state index contributed by atoms with van der Waals surface area (Å²) in [6.07, 6.45) is 0.809. The van der Waals surface area contributed by atoms with E-state index in [1.165, 1.54) is 4.90 Å². The standard InChI is InChI=1S/C22H26BrClN2O3/c1-4-15(2)25-22(28)16(3)26(13-17-7-5-6-8-20(17)24)21(27)14-29-19-11-9-18(23)10-12-19/h5-12,15-16H,4,13-14H2,1-3H3,(H,25,28)/t15-,16-/m0/s1. The minimum Gasteiger partial charge on any atom is -0.484 e. The van der Waals surface area contributed by atoms with Gasteiger partial charge in [0, 0.05) is 22.1 Å². The van der Waals surface area contributed by atoms with E-state index in [0.29, 0.717) is 10.8 Å². The third-order valence-corrected chi connectivity index (χ3v) is 5.54. The van der Waals surface area contributed by atoms with Crippen LogP contribution in [0.15, 0.2) is 53.0 Å². The summed E-state index contributed by atoms with van der Waals surface area (Å²) in [5, 5.41) is 3.48. The van der Waals surface area contributed by atoms with Crippen LogP contribution in [0, 0.1) is 0 Å². The molecule has 29 heavy (non-hydrogen) atoms. The fourth-order valence-electron chi connectivity index (χ4n) is 2.62. The second-order valence-electron chi connectivity index (χ2n) is 6.85. The van der Waals surface area contributed by atoms with Gasteiger partial charge < -0.3 is 15.0 Å². The van der Waals surface area contributed by atoms with Crippen LogP contribution in [0.3, 0.4) is 0 Å². The van der Waals surface area contributed by atoms with E-state index in [0.717, 1.165) is 16.5 Å². The van der Waals surface area contributed by atoms with E-state index in [-0.39, 0.29) is 31.0 Å². The number of ether oxygens (including phenoxy) is 1. The number of rotatable bonds is 9. The van der Waals surface area contributed by atoms with Crippen molar-refractivity contribution >= 4 is 39.3 Å². The van der Waals surface area contributed by atoms with Gasteiger partial charge in [0.2, 0.25) is 5.91 Å². The Hall–Kier alpha value is -2.05. The van der Waals surface area contributed by atoms with Crippen molar-refractivity contribution in [3.8, 4) is 5.75 Å². The van der Waals surface area contributed by atoms with Crippen molar-refractivity contribution in [3.63, 3.8) is 0 Å². The van der Waals surface area contributed by atoms with Crippen LogP contribution >= 0.6 is 27.5 Å². The number of benzene rings is 2. The molecular weight excluding hydrogens is 456 g/mol. The molecule has 0 saturated carbocycles. The molecule has 2 aromatic rings. The van der Waals surface area contributed by atoms with Gasteiger partial charge in [0.15, 0.2) is 6.61 Å². The molecule has 2 aromatic carbocycles. The van der Waals surface area contributed by atoms with E-state index < -0.39 is 6.04 Å². The van der Waals surface area contributed by atoms with Gasteiger partial charge in [-0.25, -0.2) is 0 Å². The number of nitrogens with zero attached hydrogens (tertiary/aromatic N) is 1. The number of carbonyl (C=O) groups excluding carboxylic acids is 2. The zero-order chi connectivity index (χ0) is 21.4. The van der Waals surface area contributed by atoms with Crippen LogP contribution < -0.4 is 10.1 Å². The van der Waals surface area contributed by atoms with E-state index in [9.17, 15) is 9.59 Å². The van der Waals surface area contributed by atoms with Gasteiger partial charge in [0.1, 0.15) is 11.8 Å². The Kier molecular flexibility index (Phi) is 8.99. The van der Waals surface area contributed by atoms with E-state index in [1.54, 1.807) is 25.1 Å². The predicted octanol–water partition coefficient (Wildman–Crippen LogP) is 4.81. The molecule has 1 N–H and O–H groups in total. The molecule has 0 saturated heterocycles. The monoisotopic (exact) mass is 480 g/mol. The topological polar surface area (TPSA) is 58.6 Å². The summed E-state index contributed by atoms with van der Waals surface area (Å²) in [5.74, 6) is 0.0824. The first-order valence-electron chi connectivity index (χ1n) is 9.53. The first kappa shape index (κ1) is 23.2. The van der Waals surface area contributed by atoms with Crippen LogP contribution in [-0.4, -0.2) is 35.4 Å². The first-order valence-corrected chi connectivity index (χ1v) is 10.7. The zero-order valence-corrected chi connectivity index (χ0v) is 19.2. The van der Waals surface area contributed by atoms with E-state index in [1.807, 2.05) is 44.2 Å². The summed E-state index contributed by atoms with van der Waals surface area (Å²) in [6.45, 7) is 5.69. The molecule has 7 heteroatoms. The molecule has 156 valence electrons. The summed E-state index contributed by atoms with van der Waals surface area (Å²) < 4.78 is 6.55. The zero-order valence-electron chi connectivity index (χ0n) is 16.8. The van der Waals surface area contributed by atoms with Crippen LogP contribution in [0.2, 0.25) is 5.02 Å². The third kappa shape index (κ3) is 7.05. The van der Waals surface area contributed by atoms with Gasteiger partial charge in [-0.1, -0.05) is 52.7 Å². The molecule has 0 spiro atoms. The molecule has 0 radical (unpaired) electrons. The number of carbonyl (C=O) groups is 2. The normalized spacial score (nSPS) is 12.7. The van der Waals surface area contributed by atoms with Crippen molar-refractivity contribution in [2.24, 2.45) is 0 Å². The Labute approximate surface area is 185 Å². The fourth-order valence-corrected chi connectivity index (χ4v) is 3.08. The summed E-state index contributed by atoms with van der Waals surface area (Å²) in [4.78, 5) is 27.1. The minimum atomic E-state index is -0.665. The van der Waals surface area contributed by atoms with Gasteiger partial charge in [-0.3, -0.25) is 9.59 Å². The lowest BCUT2D eigenvalue weighted by Gasteiger charge is -2.30. The van der Waals surface area contributed by atoms with Crippen molar-refractivity contribution in [2.75, 3.05) is 6.61 Å². The maximum absolute atomic E-state index is 13.0. The molecule has 0 unspecified atom stereocenters.